The van der Waals surface area contributed by atoms with Crippen molar-refractivity contribution >= 4 is 22.6 Å². The van der Waals surface area contributed by atoms with E-state index in [0.29, 0.717) is 25.3 Å². The van der Waals surface area contributed by atoms with E-state index in [-0.39, 0.29) is 12.5 Å². The first kappa shape index (κ1) is 23.6. The highest BCUT2D eigenvalue weighted by atomic mass is 16.3. The molecule has 1 amide bonds. The summed E-state index contributed by atoms with van der Waals surface area (Å²) in [5.41, 5.74) is 5.94. The molecule has 2 aliphatic heterocycles. The number of likely N-dealkylation sites (N-methyl/N-ethyl adjacent to an activating group) is 1. The Bertz CT molecular complexity index is 1260. The maximum absolute atomic E-state index is 13.6. The number of pyridine rings is 1. The SMILES string of the molecule is C=CCn1c(C)c(CO)c2cc(C(=O)N3CCN(CC)CC3)nc(N3CCc4ccccc4C3)c21. The molecule has 7 nitrogen and oxygen atoms in total. The first-order valence-corrected chi connectivity index (χ1v) is 12.6. The topological polar surface area (TPSA) is 64.8 Å². The van der Waals surface area contributed by atoms with Crippen molar-refractivity contribution < 1.29 is 9.90 Å². The Balaban J connectivity index is 1.62. The third-order valence-electron chi connectivity index (χ3n) is 7.64. The number of rotatable bonds is 6. The van der Waals surface area contributed by atoms with Gasteiger partial charge in [0, 0.05) is 62.5 Å². The molecule has 0 aliphatic carbocycles. The average molecular weight is 474 g/mol. The molecule has 0 radical (unpaired) electrons. The minimum Gasteiger partial charge on any atom is -0.392 e. The highest BCUT2D eigenvalue weighted by Crippen LogP contribution is 2.35. The van der Waals surface area contributed by atoms with E-state index in [2.05, 4.69) is 52.1 Å². The summed E-state index contributed by atoms with van der Waals surface area (Å²) in [5, 5.41) is 11.2. The van der Waals surface area contributed by atoms with Gasteiger partial charge in [0.15, 0.2) is 5.82 Å². The minimum atomic E-state index is -0.0818. The zero-order valence-electron chi connectivity index (χ0n) is 20.8. The summed E-state index contributed by atoms with van der Waals surface area (Å²) in [4.78, 5) is 25.2. The molecule has 1 saturated heterocycles. The molecule has 0 atom stereocenters. The molecule has 5 rings (SSSR count). The Morgan fingerprint density at radius 2 is 1.89 bits per heavy atom. The van der Waals surface area contributed by atoms with Crippen LogP contribution in [0.4, 0.5) is 5.82 Å². The van der Waals surface area contributed by atoms with Crippen molar-refractivity contribution in [1.82, 2.24) is 19.4 Å². The lowest BCUT2D eigenvalue weighted by atomic mass is 9.99. The van der Waals surface area contributed by atoms with Gasteiger partial charge in [-0.15, -0.1) is 6.58 Å². The fraction of sp³-hybridized carbons (Fsp3) is 0.429. The lowest BCUT2D eigenvalue weighted by molar-refractivity contribution is 0.0638. The second-order valence-corrected chi connectivity index (χ2v) is 9.52. The Labute approximate surface area is 207 Å². The molecule has 7 heteroatoms. The third-order valence-corrected chi connectivity index (χ3v) is 7.64. The van der Waals surface area contributed by atoms with Crippen molar-refractivity contribution in [2.45, 2.75) is 40.0 Å². The highest BCUT2D eigenvalue weighted by molar-refractivity contribution is 6.01. The summed E-state index contributed by atoms with van der Waals surface area (Å²) in [5.74, 6) is 0.788. The second-order valence-electron chi connectivity index (χ2n) is 9.52. The van der Waals surface area contributed by atoms with Crippen LogP contribution in [0, 0.1) is 6.92 Å². The number of aliphatic hydroxyl groups excluding tert-OH is 1. The van der Waals surface area contributed by atoms with Crippen LogP contribution in [0.15, 0.2) is 43.0 Å². The van der Waals surface area contributed by atoms with Crippen molar-refractivity contribution in [1.29, 1.82) is 0 Å². The number of fused-ring (bicyclic) bond motifs is 2. The first-order chi connectivity index (χ1) is 17.0. The van der Waals surface area contributed by atoms with Crippen molar-refractivity contribution in [3.63, 3.8) is 0 Å². The quantitative estimate of drug-likeness (QED) is 0.556. The van der Waals surface area contributed by atoms with Gasteiger partial charge in [0.1, 0.15) is 5.69 Å². The van der Waals surface area contributed by atoms with Crippen LogP contribution in [0.2, 0.25) is 0 Å². The van der Waals surface area contributed by atoms with E-state index >= 15 is 0 Å². The van der Waals surface area contributed by atoms with Crippen molar-refractivity contribution in [3.05, 3.63) is 71.1 Å². The van der Waals surface area contributed by atoms with Crippen LogP contribution >= 0.6 is 0 Å². The van der Waals surface area contributed by atoms with Crippen LogP contribution in [0.3, 0.4) is 0 Å². The number of nitrogens with zero attached hydrogens (tertiary/aromatic N) is 5. The average Bonchev–Trinajstić information content (AvgIpc) is 3.17. The molecule has 35 heavy (non-hydrogen) atoms. The summed E-state index contributed by atoms with van der Waals surface area (Å²) in [6, 6.07) is 10.4. The van der Waals surface area contributed by atoms with E-state index in [9.17, 15) is 9.90 Å². The van der Waals surface area contributed by atoms with E-state index in [1.807, 2.05) is 24.0 Å². The van der Waals surface area contributed by atoms with E-state index in [4.69, 9.17) is 4.98 Å². The number of hydrogen-bond acceptors (Lipinski definition) is 5. The number of carbonyl (C=O) groups excluding carboxylic acids is 1. The Hall–Kier alpha value is -3.16. The molecule has 0 bridgehead atoms. The fourth-order valence-electron chi connectivity index (χ4n) is 5.54. The van der Waals surface area contributed by atoms with Gasteiger partial charge in [-0.2, -0.15) is 0 Å². The molecule has 1 N–H and O–H groups in total. The molecule has 3 aromatic rings. The van der Waals surface area contributed by atoms with Crippen LogP contribution in [0.1, 0.15) is 39.8 Å². The predicted molar refractivity (Wildman–Crippen MR) is 140 cm³/mol. The molecule has 0 spiro atoms. The second kappa shape index (κ2) is 9.84. The number of anilines is 1. The van der Waals surface area contributed by atoms with Crippen LogP contribution < -0.4 is 4.90 Å². The minimum absolute atomic E-state index is 0.0284. The molecule has 2 aliphatic rings. The van der Waals surface area contributed by atoms with Crippen molar-refractivity contribution in [3.8, 4) is 0 Å². The molecule has 4 heterocycles. The maximum atomic E-state index is 13.6. The van der Waals surface area contributed by atoms with Crippen LogP contribution in [-0.2, 0) is 26.1 Å². The normalized spacial score (nSPS) is 16.5. The lowest BCUT2D eigenvalue weighted by Gasteiger charge is -2.34. The molecule has 0 unspecified atom stereocenters. The van der Waals surface area contributed by atoms with Gasteiger partial charge in [0.2, 0.25) is 0 Å². The van der Waals surface area contributed by atoms with Crippen molar-refractivity contribution in [2.24, 2.45) is 0 Å². The van der Waals surface area contributed by atoms with Crippen LogP contribution in [-0.4, -0.2) is 69.6 Å². The van der Waals surface area contributed by atoms with Gasteiger partial charge in [-0.05, 0) is 37.1 Å². The number of aliphatic hydroxyl groups is 1. The van der Waals surface area contributed by atoms with Gasteiger partial charge in [0.05, 0.1) is 12.1 Å². The van der Waals surface area contributed by atoms with Gasteiger partial charge in [-0.25, -0.2) is 4.98 Å². The number of aromatic nitrogens is 2. The smallest absolute Gasteiger partial charge is 0.272 e. The Kier molecular flexibility index (Phi) is 6.62. The van der Waals surface area contributed by atoms with Crippen molar-refractivity contribution in [2.75, 3.05) is 44.2 Å². The monoisotopic (exact) mass is 473 g/mol. The number of piperazine rings is 1. The third kappa shape index (κ3) is 4.23. The predicted octanol–water partition coefficient (Wildman–Crippen LogP) is 3.36. The summed E-state index contributed by atoms with van der Waals surface area (Å²) in [6.07, 6.45) is 2.81. The Morgan fingerprint density at radius 3 is 2.57 bits per heavy atom. The number of benzene rings is 1. The zero-order valence-corrected chi connectivity index (χ0v) is 20.8. The lowest BCUT2D eigenvalue weighted by Crippen LogP contribution is -2.48. The zero-order chi connectivity index (χ0) is 24.5. The number of amides is 1. The van der Waals surface area contributed by atoms with E-state index < -0.39 is 0 Å². The summed E-state index contributed by atoms with van der Waals surface area (Å²) in [7, 11) is 0. The fourth-order valence-corrected chi connectivity index (χ4v) is 5.54. The number of allylic oxidation sites excluding steroid dienone is 1. The molecule has 1 aromatic carbocycles. The van der Waals surface area contributed by atoms with Gasteiger partial charge < -0.3 is 24.4 Å². The molecule has 184 valence electrons. The molecule has 2 aromatic heterocycles. The number of carbonyl (C=O) groups is 1. The summed E-state index contributed by atoms with van der Waals surface area (Å²) < 4.78 is 2.17. The van der Waals surface area contributed by atoms with E-state index in [0.717, 1.165) is 67.1 Å². The molecule has 0 saturated carbocycles. The summed E-state index contributed by atoms with van der Waals surface area (Å²) >= 11 is 0. The standard InChI is InChI=1S/C28H35N5O2/c1-4-11-33-20(3)24(19-34)23-17-25(28(35)31-15-13-30(5-2)14-16-31)29-27(26(23)33)32-12-10-21-8-6-7-9-22(21)18-32/h4,6-9,17,34H,1,5,10-16,18-19H2,2-3H3. The highest BCUT2D eigenvalue weighted by Gasteiger charge is 2.28. The van der Waals surface area contributed by atoms with Gasteiger partial charge in [0.25, 0.3) is 5.91 Å². The number of hydrogen-bond donors (Lipinski definition) is 1. The Morgan fingerprint density at radius 1 is 1.14 bits per heavy atom. The summed E-state index contributed by atoms with van der Waals surface area (Å²) in [6.45, 7) is 14.4. The van der Waals surface area contributed by atoms with Gasteiger partial charge >= 0.3 is 0 Å². The molecule has 1 fully saturated rings. The van der Waals surface area contributed by atoms with Crippen LogP contribution in [0.25, 0.3) is 10.9 Å². The van der Waals surface area contributed by atoms with E-state index in [1.54, 1.807) is 0 Å². The largest absolute Gasteiger partial charge is 0.392 e. The van der Waals surface area contributed by atoms with Crippen LogP contribution in [0.5, 0.6) is 0 Å². The van der Waals surface area contributed by atoms with E-state index in [1.165, 1.54) is 11.1 Å². The molecular weight excluding hydrogens is 438 g/mol. The molecular formula is C28H35N5O2. The van der Waals surface area contributed by atoms with Gasteiger partial charge in [-0.1, -0.05) is 37.3 Å². The first-order valence-electron chi connectivity index (χ1n) is 12.6. The maximum Gasteiger partial charge on any atom is 0.272 e. The van der Waals surface area contributed by atoms with Gasteiger partial charge in [-0.3, -0.25) is 4.79 Å².